The monoisotopic (exact) mass is 337 g/mol. The highest BCUT2D eigenvalue weighted by molar-refractivity contribution is 7.99. The first-order valence-corrected chi connectivity index (χ1v) is 8.51. The van der Waals surface area contributed by atoms with Gasteiger partial charge in [-0.05, 0) is 25.1 Å². The molecule has 116 valence electrons. The summed E-state index contributed by atoms with van der Waals surface area (Å²) in [5.41, 5.74) is 6.25. The van der Waals surface area contributed by atoms with Gasteiger partial charge in [0.25, 0.3) is 5.91 Å². The summed E-state index contributed by atoms with van der Waals surface area (Å²) < 4.78 is 0. The largest absolute Gasteiger partial charge is 0.508 e. The van der Waals surface area contributed by atoms with Gasteiger partial charge >= 0.3 is 0 Å². The van der Waals surface area contributed by atoms with E-state index in [0.717, 1.165) is 17.2 Å². The molecule has 1 aromatic carbocycles. The fourth-order valence-electron chi connectivity index (χ4n) is 2.40. The molecule has 3 rings (SSSR count). The molecule has 4 N–H and O–H groups in total. The number of anilines is 1. The van der Waals surface area contributed by atoms with E-state index in [1.165, 1.54) is 23.5 Å². The lowest BCUT2D eigenvalue weighted by atomic mass is 10.1. The number of thiazole rings is 1. The minimum atomic E-state index is -0.538. The molecule has 1 unspecified atom stereocenters. The number of hydrogen-bond donors (Lipinski definition) is 3. The number of phenolic OH excluding ortho intramolecular Hbond substituents is 2. The summed E-state index contributed by atoms with van der Waals surface area (Å²) >= 11 is 3.06. The Morgan fingerprint density at radius 3 is 2.91 bits per heavy atom. The summed E-state index contributed by atoms with van der Waals surface area (Å²) in [5.74, 6) is 0.562. The fraction of sp³-hybridized carbons (Fsp3) is 0.286. The van der Waals surface area contributed by atoms with Crippen molar-refractivity contribution >= 4 is 34.1 Å². The molecule has 0 spiro atoms. The number of aromatic nitrogens is 1. The van der Waals surface area contributed by atoms with Crippen LogP contribution in [0.25, 0.3) is 0 Å². The second kappa shape index (κ2) is 5.69. The Balaban J connectivity index is 1.98. The molecule has 0 bridgehead atoms. The van der Waals surface area contributed by atoms with Crippen LogP contribution in [0.2, 0.25) is 0 Å². The SMILES string of the molecule is Cc1sc(N2CCSC2c2cc(O)ccc2O)nc1C(N)=O. The lowest BCUT2D eigenvalue weighted by Crippen LogP contribution is -2.22. The van der Waals surface area contributed by atoms with Crippen LogP contribution in [0.5, 0.6) is 11.5 Å². The number of aromatic hydroxyl groups is 2. The van der Waals surface area contributed by atoms with Gasteiger partial charge in [-0.1, -0.05) is 0 Å². The van der Waals surface area contributed by atoms with Gasteiger partial charge in [-0.15, -0.1) is 23.1 Å². The van der Waals surface area contributed by atoms with Crippen LogP contribution in [0, 0.1) is 6.92 Å². The molecule has 2 aromatic rings. The molecule has 1 amide bonds. The quantitative estimate of drug-likeness (QED) is 0.743. The molecular formula is C14H15N3O3S2. The molecule has 1 aromatic heterocycles. The van der Waals surface area contributed by atoms with Gasteiger partial charge < -0.3 is 20.8 Å². The zero-order valence-corrected chi connectivity index (χ0v) is 13.4. The van der Waals surface area contributed by atoms with E-state index < -0.39 is 5.91 Å². The Kier molecular flexibility index (Phi) is 3.88. The van der Waals surface area contributed by atoms with E-state index in [-0.39, 0.29) is 22.6 Å². The van der Waals surface area contributed by atoms with Gasteiger partial charge in [-0.2, -0.15) is 0 Å². The molecule has 6 nitrogen and oxygen atoms in total. The van der Waals surface area contributed by atoms with E-state index in [2.05, 4.69) is 4.98 Å². The third kappa shape index (κ3) is 2.59. The van der Waals surface area contributed by atoms with Crippen LogP contribution in [0.4, 0.5) is 5.13 Å². The van der Waals surface area contributed by atoms with Crippen LogP contribution < -0.4 is 10.6 Å². The van der Waals surface area contributed by atoms with Gasteiger partial charge in [0.1, 0.15) is 22.6 Å². The normalized spacial score (nSPS) is 17.9. The third-order valence-electron chi connectivity index (χ3n) is 3.43. The molecule has 1 aliphatic heterocycles. The zero-order chi connectivity index (χ0) is 15.9. The number of nitrogens with two attached hydrogens (primary N) is 1. The minimum absolute atomic E-state index is 0.105. The number of carbonyl (C=O) groups is 1. The van der Waals surface area contributed by atoms with Gasteiger partial charge in [0, 0.05) is 22.7 Å². The highest BCUT2D eigenvalue weighted by atomic mass is 32.2. The standard InChI is InChI=1S/C14H15N3O3S2/c1-7-11(12(15)20)16-14(22-7)17-4-5-21-13(17)9-6-8(18)2-3-10(9)19/h2-3,6,13,18-19H,4-5H2,1H3,(H2,15,20). The van der Waals surface area contributed by atoms with E-state index in [1.807, 2.05) is 11.8 Å². The average molecular weight is 337 g/mol. The molecule has 1 aliphatic rings. The van der Waals surface area contributed by atoms with Gasteiger partial charge in [0.2, 0.25) is 0 Å². The molecule has 8 heteroatoms. The number of thioether (sulfide) groups is 1. The molecule has 0 radical (unpaired) electrons. The van der Waals surface area contributed by atoms with Crippen LogP contribution >= 0.6 is 23.1 Å². The molecule has 1 fully saturated rings. The van der Waals surface area contributed by atoms with Crippen molar-refractivity contribution in [2.45, 2.75) is 12.3 Å². The number of rotatable bonds is 3. The highest BCUT2D eigenvalue weighted by Gasteiger charge is 2.32. The Morgan fingerprint density at radius 2 is 2.23 bits per heavy atom. The summed E-state index contributed by atoms with van der Waals surface area (Å²) in [6.45, 7) is 2.56. The summed E-state index contributed by atoms with van der Waals surface area (Å²) in [6, 6.07) is 4.48. The number of amides is 1. The van der Waals surface area contributed by atoms with E-state index in [0.29, 0.717) is 10.7 Å². The number of primary amides is 1. The Morgan fingerprint density at radius 1 is 1.45 bits per heavy atom. The molecule has 22 heavy (non-hydrogen) atoms. The van der Waals surface area contributed by atoms with Crippen molar-refractivity contribution in [1.82, 2.24) is 4.98 Å². The van der Waals surface area contributed by atoms with Crippen LogP contribution in [0.1, 0.15) is 26.3 Å². The van der Waals surface area contributed by atoms with E-state index in [9.17, 15) is 15.0 Å². The van der Waals surface area contributed by atoms with Gasteiger partial charge in [0.05, 0.1) is 0 Å². The highest BCUT2D eigenvalue weighted by Crippen LogP contribution is 2.46. The molecule has 0 saturated carbocycles. The van der Waals surface area contributed by atoms with E-state index in [1.54, 1.807) is 17.8 Å². The van der Waals surface area contributed by atoms with Crippen LogP contribution in [0.15, 0.2) is 18.2 Å². The second-order valence-corrected chi connectivity index (χ2v) is 7.29. The second-order valence-electron chi connectivity index (χ2n) is 4.93. The van der Waals surface area contributed by atoms with Crippen molar-refractivity contribution < 1.29 is 15.0 Å². The molecule has 1 saturated heterocycles. The van der Waals surface area contributed by atoms with Crippen LogP contribution in [-0.2, 0) is 0 Å². The zero-order valence-electron chi connectivity index (χ0n) is 11.8. The van der Waals surface area contributed by atoms with Crippen molar-refractivity contribution in [3.8, 4) is 11.5 Å². The minimum Gasteiger partial charge on any atom is -0.508 e. The average Bonchev–Trinajstić information content (AvgIpc) is 3.07. The first-order valence-electron chi connectivity index (χ1n) is 6.64. The maximum absolute atomic E-state index is 11.4. The molecule has 1 atom stereocenters. The fourth-order valence-corrected chi connectivity index (χ4v) is 4.71. The maximum atomic E-state index is 11.4. The van der Waals surface area contributed by atoms with Crippen molar-refractivity contribution in [2.24, 2.45) is 5.73 Å². The number of carbonyl (C=O) groups excluding carboxylic acids is 1. The third-order valence-corrected chi connectivity index (χ3v) is 5.68. The van der Waals surface area contributed by atoms with Crippen LogP contribution in [-0.4, -0.2) is 33.4 Å². The van der Waals surface area contributed by atoms with Crippen molar-refractivity contribution in [3.05, 3.63) is 34.3 Å². The summed E-state index contributed by atoms with van der Waals surface area (Å²) in [7, 11) is 0. The summed E-state index contributed by atoms with van der Waals surface area (Å²) in [5, 5.41) is 20.3. The summed E-state index contributed by atoms with van der Waals surface area (Å²) in [4.78, 5) is 18.5. The topological polar surface area (TPSA) is 99.7 Å². The van der Waals surface area contributed by atoms with Gasteiger partial charge in [0.15, 0.2) is 5.13 Å². The predicted octanol–water partition coefficient (Wildman–Crippen LogP) is 2.21. The maximum Gasteiger partial charge on any atom is 0.268 e. The number of nitrogens with zero attached hydrogens (tertiary/aromatic N) is 2. The van der Waals surface area contributed by atoms with Crippen molar-refractivity contribution in [1.29, 1.82) is 0 Å². The molecular weight excluding hydrogens is 322 g/mol. The number of aryl methyl sites for hydroxylation is 1. The van der Waals surface area contributed by atoms with Gasteiger partial charge in [-0.25, -0.2) is 4.98 Å². The first-order chi connectivity index (χ1) is 10.5. The molecule has 2 heterocycles. The number of benzene rings is 1. The predicted molar refractivity (Wildman–Crippen MR) is 87.7 cm³/mol. The Bertz CT molecular complexity index is 732. The van der Waals surface area contributed by atoms with Gasteiger partial charge in [-0.3, -0.25) is 4.79 Å². The van der Waals surface area contributed by atoms with Crippen molar-refractivity contribution in [3.63, 3.8) is 0 Å². The smallest absolute Gasteiger partial charge is 0.268 e. The number of hydrogen-bond acceptors (Lipinski definition) is 7. The lowest BCUT2D eigenvalue weighted by Gasteiger charge is -2.24. The summed E-state index contributed by atoms with van der Waals surface area (Å²) in [6.07, 6.45) is 0. The first kappa shape index (κ1) is 15.0. The van der Waals surface area contributed by atoms with E-state index >= 15 is 0 Å². The van der Waals surface area contributed by atoms with Crippen molar-refractivity contribution in [2.75, 3.05) is 17.2 Å². The Labute approximate surface area is 135 Å². The van der Waals surface area contributed by atoms with Crippen LogP contribution in [0.3, 0.4) is 0 Å². The number of phenols is 2. The molecule has 0 aliphatic carbocycles. The Hall–Kier alpha value is -1.93. The lowest BCUT2D eigenvalue weighted by molar-refractivity contribution is 0.0995. The van der Waals surface area contributed by atoms with E-state index in [4.69, 9.17) is 5.73 Å².